The molecule has 6 heteroatoms. The molecule has 1 unspecified atom stereocenters. The molecule has 0 spiro atoms. The van der Waals surface area contributed by atoms with E-state index in [1.54, 1.807) is 12.4 Å². The van der Waals surface area contributed by atoms with Gasteiger partial charge in [0.05, 0.1) is 24.8 Å². The molecule has 1 N–H and O–H groups in total. The van der Waals surface area contributed by atoms with Gasteiger partial charge in [0.15, 0.2) is 5.78 Å². The van der Waals surface area contributed by atoms with Crippen molar-refractivity contribution in [2.45, 2.75) is 19.3 Å². The first-order valence-electron chi connectivity index (χ1n) is 10.8. The number of ketones is 1. The van der Waals surface area contributed by atoms with E-state index in [0.29, 0.717) is 39.1 Å². The highest BCUT2D eigenvalue weighted by atomic mass is 16.5. The molecule has 158 valence electrons. The maximum atomic E-state index is 13.3. The Hall–Kier alpha value is -3.25. The Morgan fingerprint density at radius 2 is 1.81 bits per heavy atom. The molecule has 6 nitrogen and oxygen atoms in total. The van der Waals surface area contributed by atoms with Crippen LogP contribution in [0.15, 0.2) is 54.9 Å². The van der Waals surface area contributed by atoms with Crippen molar-refractivity contribution >= 4 is 11.7 Å². The van der Waals surface area contributed by atoms with E-state index in [0.717, 1.165) is 33.6 Å². The van der Waals surface area contributed by atoms with Gasteiger partial charge in [0.2, 0.25) is 5.91 Å². The van der Waals surface area contributed by atoms with Gasteiger partial charge in [0, 0.05) is 61.6 Å². The van der Waals surface area contributed by atoms with Crippen LogP contribution in [-0.4, -0.2) is 52.9 Å². The maximum absolute atomic E-state index is 13.3. The molecule has 0 bridgehead atoms. The average molecular weight is 415 g/mol. The molecule has 1 aliphatic heterocycles. The zero-order valence-electron chi connectivity index (χ0n) is 17.3. The number of pyridine rings is 1. The standard InChI is InChI=1S/C25H25N3O3/c29-22-16-19(25(30)28-10-12-31-13-11-28)15-21-23(22)20(14-17-4-2-1-3-5-17)24(27-21)18-6-8-26-9-7-18/h1-9,19,27H,10-16H2. The van der Waals surface area contributed by atoms with E-state index in [2.05, 4.69) is 22.1 Å². The molecule has 0 radical (unpaired) electrons. The van der Waals surface area contributed by atoms with Crippen LogP contribution in [0.1, 0.15) is 33.6 Å². The van der Waals surface area contributed by atoms with Gasteiger partial charge in [-0.25, -0.2) is 0 Å². The molecule has 2 aliphatic rings. The van der Waals surface area contributed by atoms with E-state index in [-0.39, 0.29) is 24.0 Å². The van der Waals surface area contributed by atoms with E-state index in [1.807, 2.05) is 35.2 Å². The topological polar surface area (TPSA) is 75.3 Å². The van der Waals surface area contributed by atoms with Crippen LogP contribution in [0.5, 0.6) is 0 Å². The van der Waals surface area contributed by atoms with E-state index < -0.39 is 0 Å². The van der Waals surface area contributed by atoms with Crippen LogP contribution in [-0.2, 0) is 22.4 Å². The van der Waals surface area contributed by atoms with Crippen LogP contribution in [0.4, 0.5) is 0 Å². The summed E-state index contributed by atoms with van der Waals surface area (Å²) in [5, 5.41) is 0. The lowest BCUT2D eigenvalue weighted by molar-refractivity contribution is -0.139. The first-order chi connectivity index (χ1) is 15.2. The first kappa shape index (κ1) is 19.7. The summed E-state index contributed by atoms with van der Waals surface area (Å²) in [6.07, 6.45) is 5.00. The molecule has 1 saturated heterocycles. The summed E-state index contributed by atoms with van der Waals surface area (Å²) >= 11 is 0. The summed E-state index contributed by atoms with van der Waals surface area (Å²) in [5.41, 5.74) is 5.75. The van der Waals surface area contributed by atoms with Gasteiger partial charge in [-0.05, 0) is 23.3 Å². The minimum absolute atomic E-state index is 0.0512. The number of ether oxygens (including phenoxy) is 1. The van der Waals surface area contributed by atoms with Crippen molar-refractivity contribution in [3.05, 3.63) is 77.2 Å². The summed E-state index contributed by atoms with van der Waals surface area (Å²) in [6, 6.07) is 14.1. The van der Waals surface area contributed by atoms with Gasteiger partial charge in [-0.2, -0.15) is 0 Å². The number of Topliss-reactive ketones (excluding diaryl/α,β-unsaturated/α-hetero) is 1. The fourth-order valence-electron chi connectivity index (χ4n) is 4.69. The lowest BCUT2D eigenvalue weighted by Crippen LogP contribution is -2.45. The summed E-state index contributed by atoms with van der Waals surface area (Å²) in [4.78, 5) is 35.8. The zero-order chi connectivity index (χ0) is 21.2. The number of hydrogen-bond acceptors (Lipinski definition) is 4. The summed E-state index contributed by atoms with van der Waals surface area (Å²) in [7, 11) is 0. The minimum Gasteiger partial charge on any atom is -0.378 e. The van der Waals surface area contributed by atoms with E-state index >= 15 is 0 Å². The molecular formula is C25H25N3O3. The number of hydrogen-bond donors (Lipinski definition) is 1. The Morgan fingerprint density at radius 1 is 1.06 bits per heavy atom. The second kappa shape index (κ2) is 8.47. The van der Waals surface area contributed by atoms with Crippen LogP contribution >= 0.6 is 0 Å². The summed E-state index contributed by atoms with van der Waals surface area (Å²) in [6.45, 7) is 2.33. The first-order valence-corrected chi connectivity index (χ1v) is 10.8. The fourth-order valence-corrected chi connectivity index (χ4v) is 4.69. The molecule has 1 fully saturated rings. The second-order valence-electron chi connectivity index (χ2n) is 8.20. The number of aromatic nitrogens is 2. The van der Waals surface area contributed by atoms with E-state index in [4.69, 9.17) is 4.74 Å². The molecule has 31 heavy (non-hydrogen) atoms. The van der Waals surface area contributed by atoms with Crippen LogP contribution < -0.4 is 0 Å². The number of rotatable bonds is 4. The van der Waals surface area contributed by atoms with Gasteiger partial charge in [0.25, 0.3) is 0 Å². The highest BCUT2D eigenvalue weighted by Crippen LogP contribution is 2.36. The van der Waals surface area contributed by atoms with Gasteiger partial charge >= 0.3 is 0 Å². The van der Waals surface area contributed by atoms with E-state index in [9.17, 15) is 9.59 Å². The van der Waals surface area contributed by atoms with Crippen molar-refractivity contribution in [3.63, 3.8) is 0 Å². The minimum atomic E-state index is -0.313. The smallest absolute Gasteiger partial charge is 0.226 e. The number of H-pyrrole nitrogens is 1. The van der Waals surface area contributed by atoms with Crippen LogP contribution in [0, 0.1) is 5.92 Å². The Balaban J connectivity index is 1.52. The number of nitrogens with zero attached hydrogens (tertiary/aromatic N) is 2. The van der Waals surface area contributed by atoms with Crippen molar-refractivity contribution in [3.8, 4) is 11.3 Å². The number of benzene rings is 1. The van der Waals surface area contributed by atoms with Crippen molar-refractivity contribution < 1.29 is 14.3 Å². The van der Waals surface area contributed by atoms with Crippen molar-refractivity contribution in [2.75, 3.05) is 26.3 Å². The van der Waals surface area contributed by atoms with Crippen LogP contribution in [0.2, 0.25) is 0 Å². The van der Waals surface area contributed by atoms with Crippen LogP contribution in [0.3, 0.4) is 0 Å². The number of fused-ring (bicyclic) bond motifs is 1. The molecule has 0 saturated carbocycles. The molecule has 3 aromatic rings. The quantitative estimate of drug-likeness (QED) is 0.710. The summed E-state index contributed by atoms with van der Waals surface area (Å²) < 4.78 is 5.37. The summed E-state index contributed by atoms with van der Waals surface area (Å²) in [5.74, 6) is -0.200. The van der Waals surface area contributed by atoms with Gasteiger partial charge < -0.3 is 14.6 Å². The van der Waals surface area contributed by atoms with Gasteiger partial charge in [0.1, 0.15) is 0 Å². The Morgan fingerprint density at radius 3 is 2.55 bits per heavy atom. The van der Waals surface area contributed by atoms with Gasteiger partial charge in [-0.15, -0.1) is 0 Å². The number of carbonyl (C=O) groups is 2. The molecule has 3 heterocycles. The predicted molar refractivity (Wildman–Crippen MR) is 117 cm³/mol. The number of nitrogens with one attached hydrogen (secondary N) is 1. The van der Waals surface area contributed by atoms with Crippen molar-refractivity contribution in [1.29, 1.82) is 0 Å². The molecular weight excluding hydrogens is 390 g/mol. The average Bonchev–Trinajstić information content (AvgIpc) is 3.19. The highest BCUT2D eigenvalue weighted by molar-refractivity contribution is 6.04. The largest absolute Gasteiger partial charge is 0.378 e. The number of carbonyl (C=O) groups excluding carboxylic acids is 2. The Kier molecular flexibility index (Phi) is 5.38. The molecule has 1 aliphatic carbocycles. The zero-order valence-corrected chi connectivity index (χ0v) is 17.3. The third-order valence-corrected chi connectivity index (χ3v) is 6.21. The second-order valence-corrected chi connectivity index (χ2v) is 8.20. The van der Waals surface area contributed by atoms with Crippen molar-refractivity contribution in [2.24, 2.45) is 5.92 Å². The predicted octanol–water partition coefficient (Wildman–Crippen LogP) is 3.27. The van der Waals surface area contributed by atoms with E-state index in [1.165, 1.54) is 0 Å². The van der Waals surface area contributed by atoms with Gasteiger partial charge in [-0.1, -0.05) is 30.3 Å². The Labute approximate surface area is 181 Å². The molecule has 2 aromatic heterocycles. The molecule has 1 amide bonds. The monoisotopic (exact) mass is 415 g/mol. The number of aromatic amines is 1. The van der Waals surface area contributed by atoms with Crippen molar-refractivity contribution in [1.82, 2.24) is 14.9 Å². The highest BCUT2D eigenvalue weighted by Gasteiger charge is 2.36. The Bertz CT molecular complexity index is 1090. The van der Waals surface area contributed by atoms with Gasteiger partial charge in [-0.3, -0.25) is 14.6 Å². The lowest BCUT2D eigenvalue weighted by atomic mass is 9.83. The maximum Gasteiger partial charge on any atom is 0.226 e. The molecule has 5 rings (SSSR count). The normalized spacial score (nSPS) is 18.6. The molecule has 1 aromatic carbocycles. The number of morpholine rings is 1. The third kappa shape index (κ3) is 3.91. The SMILES string of the molecule is O=C1CC(C(=O)N2CCOCC2)Cc2[nH]c(-c3ccncc3)c(Cc3ccccc3)c21. The number of amides is 1. The third-order valence-electron chi connectivity index (χ3n) is 6.21. The fraction of sp³-hybridized carbons (Fsp3) is 0.320. The lowest BCUT2D eigenvalue weighted by Gasteiger charge is -2.31. The van der Waals surface area contributed by atoms with Crippen LogP contribution in [0.25, 0.3) is 11.3 Å². The molecule has 1 atom stereocenters.